The molecule has 1 saturated heterocycles. The summed E-state index contributed by atoms with van der Waals surface area (Å²) in [4.78, 5) is 0. The largest absolute Gasteiger partial charge is 0.371 e. The molecule has 1 aromatic rings. The average Bonchev–Trinajstić information content (AvgIpc) is 2.57. The third-order valence-electron chi connectivity index (χ3n) is 3.29. The Bertz CT molecular complexity index is 356. The van der Waals surface area contributed by atoms with Crippen LogP contribution in [0.3, 0.4) is 0 Å². The van der Waals surface area contributed by atoms with Crippen LogP contribution in [-0.4, -0.2) is 30.0 Å². The van der Waals surface area contributed by atoms with Crippen LogP contribution in [0.15, 0.2) is 12.1 Å². The molecular weight excluding hydrogens is 220 g/mol. The first-order valence-electron chi connectivity index (χ1n) is 6.03. The number of ether oxygens (including phenoxy) is 1. The Morgan fingerprint density at radius 3 is 3.44 bits per heavy atom. The van der Waals surface area contributed by atoms with E-state index in [0.29, 0.717) is 0 Å². The average molecular weight is 238 g/mol. The van der Waals surface area contributed by atoms with E-state index in [0.717, 1.165) is 38.4 Å². The zero-order chi connectivity index (χ0) is 10.8. The molecule has 3 heterocycles. The van der Waals surface area contributed by atoms with E-state index in [1.54, 1.807) is 0 Å². The highest BCUT2D eigenvalue weighted by Crippen LogP contribution is 2.27. The van der Waals surface area contributed by atoms with Gasteiger partial charge in [0.2, 0.25) is 0 Å². The fraction of sp³-hybridized carbons (Fsp3) is 0.667. The summed E-state index contributed by atoms with van der Waals surface area (Å²) in [6.45, 7) is 4.06. The highest BCUT2D eigenvalue weighted by atomic mass is 32.2. The molecule has 1 fully saturated rings. The lowest BCUT2D eigenvalue weighted by molar-refractivity contribution is 0.0613. The van der Waals surface area contributed by atoms with Crippen LogP contribution in [0.25, 0.3) is 0 Å². The van der Waals surface area contributed by atoms with E-state index >= 15 is 0 Å². The van der Waals surface area contributed by atoms with Gasteiger partial charge in [0, 0.05) is 42.6 Å². The van der Waals surface area contributed by atoms with Gasteiger partial charge in [-0.3, -0.25) is 0 Å². The molecular formula is C12H18N2OS. The van der Waals surface area contributed by atoms with Crippen molar-refractivity contribution in [2.24, 2.45) is 0 Å². The maximum Gasteiger partial charge on any atom is 0.110 e. The summed E-state index contributed by atoms with van der Waals surface area (Å²) in [5.74, 6) is 2.38. The van der Waals surface area contributed by atoms with E-state index in [1.165, 1.54) is 17.1 Å². The quantitative estimate of drug-likeness (QED) is 0.808. The summed E-state index contributed by atoms with van der Waals surface area (Å²) in [6, 6.07) is 4.51. The van der Waals surface area contributed by atoms with Crippen LogP contribution < -0.4 is 5.32 Å². The minimum atomic E-state index is 0.249. The molecule has 1 unspecified atom stereocenters. The Balaban J connectivity index is 1.84. The normalized spacial score (nSPS) is 26.1. The monoisotopic (exact) mass is 238 g/mol. The van der Waals surface area contributed by atoms with Gasteiger partial charge in [-0.15, -0.1) is 0 Å². The molecule has 3 nitrogen and oxygen atoms in total. The van der Waals surface area contributed by atoms with Gasteiger partial charge >= 0.3 is 0 Å². The molecule has 0 radical (unpaired) electrons. The molecule has 1 aromatic heterocycles. The Morgan fingerprint density at radius 2 is 2.44 bits per heavy atom. The van der Waals surface area contributed by atoms with Gasteiger partial charge in [0.15, 0.2) is 0 Å². The van der Waals surface area contributed by atoms with Gasteiger partial charge in [-0.25, -0.2) is 0 Å². The highest BCUT2D eigenvalue weighted by molar-refractivity contribution is 7.98. The summed E-state index contributed by atoms with van der Waals surface area (Å²) in [5, 5.41) is 3.45. The van der Waals surface area contributed by atoms with Crippen molar-refractivity contribution in [2.75, 3.05) is 25.4 Å². The van der Waals surface area contributed by atoms with Gasteiger partial charge in [0.1, 0.15) is 6.10 Å². The van der Waals surface area contributed by atoms with Gasteiger partial charge in [-0.05, 0) is 25.1 Å². The van der Waals surface area contributed by atoms with Crippen molar-refractivity contribution in [1.82, 2.24) is 9.88 Å². The Kier molecular flexibility index (Phi) is 3.22. The fourth-order valence-corrected chi connectivity index (χ4v) is 3.36. The van der Waals surface area contributed by atoms with Crippen molar-refractivity contribution in [2.45, 2.75) is 24.8 Å². The number of hydrogen-bond acceptors (Lipinski definition) is 3. The first kappa shape index (κ1) is 10.7. The van der Waals surface area contributed by atoms with E-state index in [9.17, 15) is 0 Å². The van der Waals surface area contributed by atoms with Crippen molar-refractivity contribution in [3.05, 3.63) is 23.5 Å². The number of fused-ring (bicyclic) bond motifs is 1. The van der Waals surface area contributed by atoms with Crippen molar-refractivity contribution in [3.8, 4) is 0 Å². The maximum absolute atomic E-state index is 5.92. The number of rotatable bonds is 1. The van der Waals surface area contributed by atoms with Crippen molar-refractivity contribution < 1.29 is 4.74 Å². The molecule has 2 aliphatic heterocycles. The molecule has 0 bridgehead atoms. The number of thioether (sulfide) groups is 1. The van der Waals surface area contributed by atoms with Gasteiger partial charge in [-0.1, -0.05) is 0 Å². The predicted molar refractivity (Wildman–Crippen MR) is 66.8 cm³/mol. The lowest BCUT2D eigenvalue weighted by Gasteiger charge is -2.22. The molecule has 1 atom stereocenters. The third-order valence-corrected chi connectivity index (χ3v) is 4.26. The van der Waals surface area contributed by atoms with E-state index in [4.69, 9.17) is 4.74 Å². The second-order valence-electron chi connectivity index (χ2n) is 4.37. The zero-order valence-electron chi connectivity index (χ0n) is 9.45. The van der Waals surface area contributed by atoms with E-state index in [1.807, 2.05) is 11.8 Å². The van der Waals surface area contributed by atoms with Crippen LogP contribution >= 0.6 is 11.8 Å². The Labute approximate surface area is 101 Å². The summed E-state index contributed by atoms with van der Waals surface area (Å²) in [6.07, 6.45) is 1.37. The zero-order valence-corrected chi connectivity index (χ0v) is 10.3. The van der Waals surface area contributed by atoms with E-state index in [-0.39, 0.29) is 6.10 Å². The third kappa shape index (κ3) is 2.01. The van der Waals surface area contributed by atoms with Crippen LogP contribution in [0.2, 0.25) is 0 Å². The highest BCUT2D eigenvalue weighted by Gasteiger charge is 2.21. The maximum atomic E-state index is 5.92. The van der Waals surface area contributed by atoms with Crippen LogP contribution in [0.5, 0.6) is 0 Å². The smallest absolute Gasteiger partial charge is 0.110 e. The molecule has 0 saturated carbocycles. The summed E-state index contributed by atoms with van der Waals surface area (Å²) in [5.41, 5.74) is 2.82. The summed E-state index contributed by atoms with van der Waals surface area (Å²) < 4.78 is 8.38. The number of hydrogen-bond donors (Lipinski definition) is 1. The lowest BCUT2D eigenvalue weighted by atomic mass is 10.2. The topological polar surface area (TPSA) is 26.2 Å². The number of nitrogens with zero attached hydrogens (tertiary/aromatic N) is 1. The molecule has 0 amide bonds. The summed E-state index contributed by atoms with van der Waals surface area (Å²) >= 11 is 2.02. The SMILES string of the molecule is c1cc(C2CNCCCO2)n2c1CSCC2. The van der Waals surface area contributed by atoms with Gasteiger partial charge in [-0.2, -0.15) is 11.8 Å². The standard InChI is InChI=1S/C12H18N2OS/c1-4-13-8-12(15-6-1)11-3-2-10-9-16-7-5-14(10)11/h2-3,12-13H,1,4-9H2. The van der Waals surface area contributed by atoms with E-state index in [2.05, 4.69) is 22.0 Å². The summed E-state index contributed by atoms with van der Waals surface area (Å²) in [7, 11) is 0. The van der Waals surface area contributed by atoms with Crippen molar-refractivity contribution in [3.63, 3.8) is 0 Å². The minimum Gasteiger partial charge on any atom is -0.371 e. The predicted octanol–water partition coefficient (Wildman–Crippen LogP) is 1.79. The van der Waals surface area contributed by atoms with Crippen LogP contribution in [0.1, 0.15) is 23.9 Å². The van der Waals surface area contributed by atoms with Gasteiger partial charge in [0.25, 0.3) is 0 Å². The molecule has 1 N–H and O–H groups in total. The van der Waals surface area contributed by atoms with Crippen LogP contribution in [0.4, 0.5) is 0 Å². The first-order chi connectivity index (χ1) is 7.95. The Morgan fingerprint density at radius 1 is 1.44 bits per heavy atom. The second kappa shape index (κ2) is 4.82. The Hall–Kier alpha value is -0.450. The minimum absolute atomic E-state index is 0.249. The van der Waals surface area contributed by atoms with Crippen LogP contribution in [-0.2, 0) is 17.0 Å². The molecule has 4 heteroatoms. The van der Waals surface area contributed by atoms with Crippen LogP contribution in [0, 0.1) is 0 Å². The molecule has 16 heavy (non-hydrogen) atoms. The molecule has 0 aromatic carbocycles. The van der Waals surface area contributed by atoms with Gasteiger partial charge < -0.3 is 14.6 Å². The lowest BCUT2D eigenvalue weighted by Crippen LogP contribution is -2.23. The number of nitrogens with one attached hydrogen (secondary N) is 1. The van der Waals surface area contributed by atoms with Crippen molar-refractivity contribution in [1.29, 1.82) is 0 Å². The molecule has 3 rings (SSSR count). The van der Waals surface area contributed by atoms with E-state index < -0.39 is 0 Å². The number of aromatic nitrogens is 1. The molecule has 0 aliphatic carbocycles. The first-order valence-corrected chi connectivity index (χ1v) is 7.19. The van der Waals surface area contributed by atoms with Crippen molar-refractivity contribution >= 4 is 11.8 Å². The van der Waals surface area contributed by atoms with Gasteiger partial charge in [0.05, 0.1) is 0 Å². The second-order valence-corrected chi connectivity index (χ2v) is 5.48. The molecule has 0 spiro atoms. The fourth-order valence-electron chi connectivity index (χ4n) is 2.44. The molecule has 88 valence electrons. The molecule has 2 aliphatic rings.